The van der Waals surface area contributed by atoms with Crippen molar-refractivity contribution in [1.82, 2.24) is 5.32 Å². The molecule has 0 radical (unpaired) electrons. The molecule has 0 aliphatic carbocycles. The number of thioether (sulfide) groups is 1. The topological polar surface area (TPSA) is 53.8 Å². The summed E-state index contributed by atoms with van der Waals surface area (Å²) in [4.78, 5) is 11.2. The fourth-order valence-electron chi connectivity index (χ4n) is 1.20. The summed E-state index contributed by atoms with van der Waals surface area (Å²) in [5.74, 6) is -0.0207. The maximum absolute atomic E-state index is 11.2. The van der Waals surface area contributed by atoms with E-state index in [1.54, 1.807) is 6.21 Å². The molecule has 0 bridgehead atoms. The summed E-state index contributed by atoms with van der Waals surface area (Å²) in [5, 5.41) is 11.0. The largest absolute Gasteiger partial charge is 0.303 e. The third-order valence-electron chi connectivity index (χ3n) is 2.11. The summed E-state index contributed by atoms with van der Waals surface area (Å²) in [6.45, 7) is 1.83. The Labute approximate surface area is 112 Å². The van der Waals surface area contributed by atoms with Gasteiger partial charge in [0.2, 0.25) is 5.91 Å². The predicted molar refractivity (Wildman–Crippen MR) is 74.4 cm³/mol. The Balaban J connectivity index is 2.00. The molecular formula is C11H10BrN3OS. The molecule has 0 unspecified atom stereocenters. The SMILES string of the molecule is C[C@@H]1S/C(=N\N=C/c2ccc(Br)cc2)NC1=O. The van der Waals surface area contributed by atoms with Gasteiger partial charge in [0.25, 0.3) is 0 Å². The van der Waals surface area contributed by atoms with Crippen LogP contribution in [0.2, 0.25) is 0 Å². The first-order chi connectivity index (χ1) is 8.15. The van der Waals surface area contributed by atoms with Crippen molar-refractivity contribution in [3.05, 3.63) is 34.3 Å². The number of hydrogen-bond donors (Lipinski definition) is 1. The Morgan fingerprint density at radius 1 is 1.41 bits per heavy atom. The first kappa shape index (κ1) is 12.3. The van der Waals surface area contributed by atoms with E-state index >= 15 is 0 Å². The maximum atomic E-state index is 11.2. The number of nitrogens with one attached hydrogen (secondary N) is 1. The number of hydrogen-bond acceptors (Lipinski definition) is 4. The molecule has 88 valence electrons. The van der Waals surface area contributed by atoms with Crippen molar-refractivity contribution in [2.45, 2.75) is 12.2 Å². The first-order valence-electron chi connectivity index (χ1n) is 4.99. The predicted octanol–water partition coefficient (Wildman–Crippen LogP) is 2.39. The number of carbonyl (C=O) groups is 1. The van der Waals surface area contributed by atoms with Crippen LogP contribution < -0.4 is 5.32 Å². The molecule has 1 aromatic carbocycles. The number of carbonyl (C=O) groups excluding carboxylic acids is 1. The highest BCUT2D eigenvalue weighted by atomic mass is 79.9. The molecule has 4 nitrogen and oxygen atoms in total. The van der Waals surface area contributed by atoms with Gasteiger partial charge >= 0.3 is 0 Å². The van der Waals surface area contributed by atoms with Crippen molar-refractivity contribution in [3.8, 4) is 0 Å². The van der Waals surface area contributed by atoms with Crippen molar-refractivity contribution < 1.29 is 4.79 Å². The average Bonchev–Trinajstić information content (AvgIpc) is 2.61. The molecule has 1 amide bonds. The zero-order valence-corrected chi connectivity index (χ0v) is 11.5. The van der Waals surface area contributed by atoms with E-state index in [-0.39, 0.29) is 11.2 Å². The van der Waals surface area contributed by atoms with Crippen LogP contribution in [0.3, 0.4) is 0 Å². The van der Waals surface area contributed by atoms with E-state index < -0.39 is 0 Å². The van der Waals surface area contributed by atoms with Gasteiger partial charge in [-0.15, -0.1) is 5.10 Å². The Bertz CT molecular complexity index is 484. The lowest BCUT2D eigenvalue weighted by Crippen LogP contribution is -2.23. The molecule has 0 aromatic heterocycles. The van der Waals surface area contributed by atoms with E-state index in [9.17, 15) is 4.79 Å². The molecule has 0 spiro atoms. The van der Waals surface area contributed by atoms with Gasteiger partial charge in [-0.2, -0.15) is 5.10 Å². The molecule has 1 fully saturated rings. The van der Waals surface area contributed by atoms with E-state index in [0.29, 0.717) is 5.17 Å². The number of amides is 1. The lowest BCUT2D eigenvalue weighted by atomic mass is 10.2. The molecule has 1 atom stereocenters. The minimum absolute atomic E-state index is 0.0207. The van der Waals surface area contributed by atoms with E-state index in [1.165, 1.54) is 11.8 Å². The zero-order valence-electron chi connectivity index (χ0n) is 9.05. The second-order valence-electron chi connectivity index (χ2n) is 3.45. The van der Waals surface area contributed by atoms with E-state index in [1.807, 2.05) is 31.2 Å². The van der Waals surface area contributed by atoms with Crippen molar-refractivity contribution >= 4 is 45.0 Å². The van der Waals surface area contributed by atoms with Crippen LogP contribution in [-0.2, 0) is 4.79 Å². The summed E-state index contributed by atoms with van der Waals surface area (Å²) in [6, 6.07) is 7.72. The van der Waals surface area contributed by atoms with Crippen molar-refractivity contribution in [2.24, 2.45) is 10.2 Å². The third kappa shape index (κ3) is 3.41. The molecule has 6 heteroatoms. The quantitative estimate of drug-likeness (QED) is 0.673. The lowest BCUT2D eigenvalue weighted by Gasteiger charge is -1.92. The fourth-order valence-corrected chi connectivity index (χ4v) is 2.22. The van der Waals surface area contributed by atoms with Gasteiger partial charge in [0.1, 0.15) is 0 Å². The highest BCUT2D eigenvalue weighted by molar-refractivity contribution is 9.10. The van der Waals surface area contributed by atoms with Gasteiger partial charge in [0.05, 0.1) is 11.5 Å². The minimum atomic E-state index is -0.0865. The van der Waals surface area contributed by atoms with Gasteiger partial charge in [-0.1, -0.05) is 39.8 Å². The van der Waals surface area contributed by atoms with Crippen LogP contribution in [0.5, 0.6) is 0 Å². The second kappa shape index (κ2) is 5.46. The molecule has 1 aromatic rings. The van der Waals surface area contributed by atoms with Crippen LogP contribution in [-0.4, -0.2) is 22.5 Å². The highest BCUT2D eigenvalue weighted by Gasteiger charge is 2.25. The number of amidine groups is 1. The smallest absolute Gasteiger partial charge is 0.239 e. The van der Waals surface area contributed by atoms with Crippen molar-refractivity contribution in [3.63, 3.8) is 0 Å². The van der Waals surface area contributed by atoms with Gasteiger partial charge in [0, 0.05) is 4.47 Å². The molecule has 1 heterocycles. The number of halogens is 1. The zero-order chi connectivity index (χ0) is 12.3. The van der Waals surface area contributed by atoms with Crippen LogP contribution in [0.25, 0.3) is 0 Å². The number of rotatable bonds is 2. The van der Waals surface area contributed by atoms with Crippen LogP contribution >= 0.6 is 27.7 Å². The molecule has 1 aliphatic rings. The summed E-state index contributed by atoms with van der Waals surface area (Å²) in [7, 11) is 0. The molecule has 1 N–H and O–H groups in total. The lowest BCUT2D eigenvalue weighted by molar-refractivity contribution is -0.118. The van der Waals surface area contributed by atoms with Crippen LogP contribution in [0.1, 0.15) is 12.5 Å². The average molecular weight is 312 g/mol. The monoisotopic (exact) mass is 311 g/mol. The Kier molecular flexibility index (Phi) is 3.96. The van der Waals surface area contributed by atoms with Crippen LogP contribution in [0.15, 0.2) is 38.9 Å². The first-order valence-corrected chi connectivity index (χ1v) is 6.66. The molecule has 1 saturated heterocycles. The summed E-state index contributed by atoms with van der Waals surface area (Å²) in [6.07, 6.45) is 1.65. The summed E-state index contributed by atoms with van der Waals surface area (Å²) >= 11 is 4.74. The highest BCUT2D eigenvalue weighted by Crippen LogP contribution is 2.18. The van der Waals surface area contributed by atoms with Gasteiger partial charge in [-0.05, 0) is 24.6 Å². The molecule has 0 saturated carbocycles. The maximum Gasteiger partial charge on any atom is 0.239 e. The Morgan fingerprint density at radius 3 is 2.71 bits per heavy atom. The number of nitrogens with zero attached hydrogens (tertiary/aromatic N) is 2. The third-order valence-corrected chi connectivity index (χ3v) is 3.62. The second-order valence-corrected chi connectivity index (χ2v) is 5.70. The molecule has 2 rings (SSSR count). The van der Waals surface area contributed by atoms with E-state index in [0.717, 1.165) is 10.0 Å². The summed E-state index contributed by atoms with van der Waals surface area (Å²) < 4.78 is 1.02. The Hall–Kier alpha value is -1.14. The molecular weight excluding hydrogens is 302 g/mol. The van der Waals surface area contributed by atoms with Gasteiger partial charge in [-0.3, -0.25) is 4.79 Å². The van der Waals surface area contributed by atoms with Crippen LogP contribution in [0, 0.1) is 0 Å². The van der Waals surface area contributed by atoms with E-state index in [4.69, 9.17) is 0 Å². The normalized spacial score (nSPS) is 22.4. The van der Waals surface area contributed by atoms with Gasteiger partial charge in [-0.25, -0.2) is 0 Å². The van der Waals surface area contributed by atoms with Crippen LogP contribution in [0.4, 0.5) is 0 Å². The van der Waals surface area contributed by atoms with Crippen molar-refractivity contribution in [1.29, 1.82) is 0 Å². The molecule has 1 aliphatic heterocycles. The van der Waals surface area contributed by atoms with Crippen molar-refractivity contribution in [2.75, 3.05) is 0 Å². The summed E-state index contributed by atoms with van der Waals surface area (Å²) in [5.41, 5.74) is 0.958. The minimum Gasteiger partial charge on any atom is -0.303 e. The van der Waals surface area contributed by atoms with Gasteiger partial charge in [0.15, 0.2) is 5.17 Å². The molecule has 17 heavy (non-hydrogen) atoms. The fraction of sp³-hybridized carbons (Fsp3) is 0.182. The Morgan fingerprint density at radius 2 is 2.12 bits per heavy atom. The van der Waals surface area contributed by atoms with E-state index in [2.05, 4.69) is 31.4 Å². The number of benzene rings is 1. The standard InChI is InChI=1S/C11H10BrN3OS/c1-7-10(16)14-11(17-7)15-13-6-8-2-4-9(12)5-3-8/h2-7H,1H3,(H,14,15,16)/b13-6-/t7-/m0/s1. The van der Waals surface area contributed by atoms with Gasteiger partial charge < -0.3 is 5.32 Å².